The van der Waals surface area contributed by atoms with Crippen molar-refractivity contribution in [3.63, 3.8) is 0 Å². The number of unbranched alkanes of at least 4 members (excludes halogenated alkanes) is 1. The Morgan fingerprint density at radius 2 is 2.18 bits per heavy atom. The van der Waals surface area contributed by atoms with E-state index in [1.165, 1.54) is 11.1 Å². The van der Waals surface area contributed by atoms with E-state index >= 15 is 0 Å². The number of ether oxygens (including phenoxy) is 1. The number of rotatable bonds is 10. The Hall–Kier alpha value is -3.70. The second kappa shape index (κ2) is 10.5. The highest BCUT2D eigenvalue weighted by atomic mass is 16.5. The van der Waals surface area contributed by atoms with Gasteiger partial charge in [0.15, 0.2) is 0 Å². The third-order valence-corrected chi connectivity index (χ3v) is 5.86. The fraction of sp³-hybridized carbons (Fsp3) is 0.385. The van der Waals surface area contributed by atoms with Crippen LogP contribution in [-0.4, -0.2) is 33.9 Å². The third-order valence-electron chi connectivity index (χ3n) is 5.86. The Morgan fingerprint density at radius 3 is 2.94 bits per heavy atom. The molecule has 1 atom stereocenters. The van der Waals surface area contributed by atoms with E-state index in [9.17, 15) is 10.1 Å². The van der Waals surface area contributed by atoms with Crippen molar-refractivity contribution < 1.29 is 19.2 Å². The molecule has 1 unspecified atom stereocenters. The molecule has 1 aliphatic rings. The summed E-state index contributed by atoms with van der Waals surface area (Å²) in [6, 6.07) is 13.8. The minimum Gasteiger partial charge on any atom is -0.490 e. The number of hydrogen-bond donors (Lipinski definition) is 2. The standard InChI is InChI=1S/C26H28N4O4/c1-16(2)33-23-12-9-17(14-18(23)15-27)26-29-25(30-34-26)21-7-5-6-20-19(21)10-11-22(20)28-13-4-3-8-24(31)32/h5-7,9,12,14,16,22,28H,3-4,8,10-11,13H2,1-2H3,(H,31,32). The van der Waals surface area contributed by atoms with Crippen LogP contribution < -0.4 is 10.1 Å². The van der Waals surface area contributed by atoms with Crippen LogP contribution in [0.2, 0.25) is 0 Å². The van der Waals surface area contributed by atoms with Gasteiger partial charge in [0.1, 0.15) is 11.8 Å². The number of carbonyl (C=O) groups is 1. The lowest BCUT2D eigenvalue weighted by atomic mass is 10.0. The molecule has 0 saturated carbocycles. The smallest absolute Gasteiger partial charge is 0.303 e. The number of carboxylic acids is 1. The van der Waals surface area contributed by atoms with Crippen LogP contribution in [0.1, 0.15) is 62.3 Å². The van der Waals surface area contributed by atoms with Gasteiger partial charge in [0.2, 0.25) is 5.82 Å². The summed E-state index contributed by atoms with van der Waals surface area (Å²) in [6.07, 6.45) is 3.55. The van der Waals surface area contributed by atoms with E-state index in [2.05, 4.69) is 27.6 Å². The lowest BCUT2D eigenvalue weighted by Crippen LogP contribution is -2.20. The van der Waals surface area contributed by atoms with E-state index < -0.39 is 5.97 Å². The van der Waals surface area contributed by atoms with Gasteiger partial charge in [-0.05, 0) is 75.4 Å². The number of nitrogens with one attached hydrogen (secondary N) is 1. The second-order valence-electron chi connectivity index (χ2n) is 8.68. The molecule has 4 rings (SSSR count). The SMILES string of the molecule is CC(C)Oc1ccc(-c2nc(-c3cccc4c3CCC4NCCCCC(=O)O)no2)cc1C#N. The highest BCUT2D eigenvalue weighted by Gasteiger charge is 2.26. The van der Waals surface area contributed by atoms with Gasteiger partial charge in [0, 0.05) is 23.6 Å². The maximum Gasteiger partial charge on any atom is 0.303 e. The summed E-state index contributed by atoms with van der Waals surface area (Å²) in [4.78, 5) is 15.3. The van der Waals surface area contributed by atoms with Crippen molar-refractivity contribution in [1.29, 1.82) is 5.26 Å². The fourth-order valence-corrected chi connectivity index (χ4v) is 4.31. The Kier molecular flexibility index (Phi) is 7.24. The van der Waals surface area contributed by atoms with Crippen molar-refractivity contribution in [1.82, 2.24) is 15.5 Å². The molecule has 0 saturated heterocycles. The summed E-state index contributed by atoms with van der Waals surface area (Å²) in [5, 5.41) is 26.1. The molecule has 0 fully saturated rings. The summed E-state index contributed by atoms with van der Waals surface area (Å²) < 4.78 is 11.2. The molecule has 8 nitrogen and oxygen atoms in total. The molecule has 2 N–H and O–H groups in total. The van der Waals surface area contributed by atoms with Gasteiger partial charge in [-0.15, -0.1) is 0 Å². The molecule has 1 heterocycles. The molecule has 3 aromatic rings. The Balaban J connectivity index is 1.50. The predicted molar refractivity (Wildman–Crippen MR) is 126 cm³/mol. The van der Waals surface area contributed by atoms with Gasteiger partial charge >= 0.3 is 5.97 Å². The summed E-state index contributed by atoms with van der Waals surface area (Å²) in [7, 11) is 0. The van der Waals surface area contributed by atoms with Gasteiger partial charge in [-0.3, -0.25) is 4.79 Å². The van der Waals surface area contributed by atoms with E-state index in [0.717, 1.165) is 31.4 Å². The van der Waals surface area contributed by atoms with Gasteiger partial charge in [-0.1, -0.05) is 23.4 Å². The van der Waals surface area contributed by atoms with Crippen molar-refractivity contribution in [2.45, 2.75) is 58.1 Å². The molecule has 0 radical (unpaired) electrons. The molecule has 0 amide bonds. The summed E-state index contributed by atoms with van der Waals surface area (Å²) >= 11 is 0. The number of carboxylic acid groups (broad SMARTS) is 1. The van der Waals surface area contributed by atoms with E-state index in [0.29, 0.717) is 35.0 Å². The van der Waals surface area contributed by atoms with Gasteiger partial charge < -0.3 is 19.7 Å². The first-order valence-corrected chi connectivity index (χ1v) is 11.6. The number of benzene rings is 2. The maximum atomic E-state index is 10.7. The highest BCUT2D eigenvalue weighted by Crippen LogP contribution is 2.37. The quantitative estimate of drug-likeness (QED) is 0.410. The van der Waals surface area contributed by atoms with E-state index in [1.54, 1.807) is 12.1 Å². The van der Waals surface area contributed by atoms with Gasteiger partial charge in [0.25, 0.3) is 5.89 Å². The van der Waals surface area contributed by atoms with Crippen molar-refractivity contribution in [3.05, 3.63) is 53.1 Å². The van der Waals surface area contributed by atoms with Crippen LogP contribution >= 0.6 is 0 Å². The highest BCUT2D eigenvalue weighted by molar-refractivity contribution is 5.67. The third kappa shape index (κ3) is 5.26. The number of hydrogen-bond acceptors (Lipinski definition) is 7. The Bertz CT molecular complexity index is 1210. The van der Waals surface area contributed by atoms with Gasteiger partial charge in [-0.2, -0.15) is 10.2 Å². The Morgan fingerprint density at radius 1 is 1.32 bits per heavy atom. The van der Waals surface area contributed by atoms with Crippen molar-refractivity contribution in [2.75, 3.05) is 6.54 Å². The molecule has 1 aromatic heterocycles. The van der Waals surface area contributed by atoms with Crippen molar-refractivity contribution >= 4 is 5.97 Å². The topological polar surface area (TPSA) is 121 Å². The van der Waals surface area contributed by atoms with E-state index in [4.69, 9.17) is 14.4 Å². The number of fused-ring (bicyclic) bond motifs is 1. The molecule has 0 aliphatic heterocycles. The molecule has 176 valence electrons. The Labute approximate surface area is 198 Å². The summed E-state index contributed by atoms with van der Waals surface area (Å²) in [5.41, 5.74) is 4.46. The molecule has 1 aliphatic carbocycles. The minimum atomic E-state index is -0.751. The van der Waals surface area contributed by atoms with Crippen LogP contribution in [0.4, 0.5) is 0 Å². The predicted octanol–water partition coefficient (Wildman–Crippen LogP) is 4.89. The molecule has 34 heavy (non-hydrogen) atoms. The van der Waals surface area contributed by atoms with Crippen LogP contribution in [0, 0.1) is 11.3 Å². The lowest BCUT2D eigenvalue weighted by Gasteiger charge is -2.14. The molecule has 2 aromatic carbocycles. The van der Waals surface area contributed by atoms with E-state index in [1.807, 2.05) is 32.0 Å². The first-order valence-electron chi connectivity index (χ1n) is 11.6. The largest absolute Gasteiger partial charge is 0.490 e. The van der Waals surface area contributed by atoms with Crippen LogP contribution in [-0.2, 0) is 11.2 Å². The van der Waals surface area contributed by atoms with Crippen LogP contribution in [0.5, 0.6) is 5.75 Å². The maximum absolute atomic E-state index is 10.7. The van der Waals surface area contributed by atoms with Crippen LogP contribution in [0.15, 0.2) is 40.9 Å². The van der Waals surface area contributed by atoms with E-state index in [-0.39, 0.29) is 18.6 Å². The average Bonchev–Trinajstić information content (AvgIpc) is 3.46. The second-order valence-corrected chi connectivity index (χ2v) is 8.68. The molecular weight excluding hydrogens is 432 g/mol. The van der Waals surface area contributed by atoms with Crippen LogP contribution in [0.3, 0.4) is 0 Å². The summed E-state index contributed by atoms with van der Waals surface area (Å²) in [6.45, 7) is 4.61. The fourth-order valence-electron chi connectivity index (χ4n) is 4.31. The van der Waals surface area contributed by atoms with Crippen molar-refractivity contribution in [3.8, 4) is 34.7 Å². The average molecular weight is 461 g/mol. The molecular formula is C26H28N4O4. The van der Waals surface area contributed by atoms with Crippen LogP contribution in [0.25, 0.3) is 22.8 Å². The number of aliphatic carboxylic acids is 1. The number of nitrogens with zero attached hydrogens (tertiary/aromatic N) is 3. The monoisotopic (exact) mass is 460 g/mol. The molecule has 0 bridgehead atoms. The molecule has 0 spiro atoms. The minimum absolute atomic E-state index is 0.0313. The normalized spacial score (nSPS) is 14.7. The van der Waals surface area contributed by atoms with Gasteiger partial charge in [0.05, 0.1) is 11.7 Å². The zero-order valence-corrected chi connectivity index (χ0v) is 19.4. The zero-order chi connectivity index (χ0) is 24.1. The molecule has 8 heteroatoms. The zero-order valence-electron chi connectivity index (χ0n) is 19.4. The first-order chi connectivity index (χ1) is 16.5. The van der Waals surface area contributed by atoms with Gasteiger partial charge in [-0.25, -0.2) is 0 Å². The number of nitriles is 1. The number of aromatic nitrogens is 2. The lowest BCUT2D eigenvalue weighted by molar-refractivity contribution is -0.137. The van der Waals surface area contributed by atoms with Crippen molar-refractivity contribution in [2.24, 2.45) is 0 Å². The first kappa shape index (κ1) is 23.5. The summed E-state index contributed by atoms with van der Waals surface area (Å²) in [5.74, 6) is 0.656.